The Morgan fingerprint density at radius 3 is 2.71 bits per heavy atom. The number of carbonyl (C=O) groups is 1. The Morgan fingerprint density at radius 1 is 1.24 bits per heavy atom. The van der Waals surface area contributed by atoms with Gasteiger partial charge in [-0.05, 0) is 23.8 Å². The van der Waals surface area contributed by atoms with Gasteiger partial charge in [-0.25, -0.2) is 4.79 Å². The second-order valence-corrected chi connectivity index (χ2v) is 3.52. The summed E-state index contributed by atoms with van der Waals surface area (Å²) in [6.07, 6.45) is 0. The number of ether oxygens (including phenoxy) is 1. The molecule has 0 amide bonds. The van der Waals surface area contributed by atoms with Gasteiger partial charge in [0.2, 0.25) is 0 Å². The van der Waals surface area contributed by atoms with Crippen molar-refractivity contribution in [3.8, 4) is 5.75 Å². The highest BCUT2D eigenvalue weighted by molar-refractivity contribution is 5.89. The molecule has 85 valence electrons. The van der Waals surface area contributed by atoms with E-state index in [4.69, 9.17) is 4.74 Å². The van der Waals surface area contributed by atoms with Crippen molar-refractivity contribution in [2.45, 2.75) is 6.61 Å². The van der Waals surface area contributed by atoms with E-state index in [1.54, 1.807) is 6.07 Å². The molecular formula is C14H11O3. The average Bonchev–Trinajstić information content (AvgIpc) is 2.37. The van der Waals surface area contributed by atoms with Gasteiger partial charge in [0.1, 0.15) is 12.4 Å². The third-order valence-corrected chi connectivity index (χ3v) is 2.23. The molecule has 2 aromatic carbocycles. The lowest BCUT2D eigenvalue weighted by molar-refractivity contribution is 0.0472. The lowest BCUT2D eigenvalue weighted by Crippen LogP contribution is -2.04. The Balaban J connectivity index is 1.98. The van der Waals surface area contributed by atoms with E-state index in [1.807, 2.05) is 30.3 Å². The lowest BCUT2D eigenvalue weighted by Gasteiger charge is -2.04. The van der Waals surface area contributed by atoms with Crippen LogP contribution >= 0.6 is 0 Å². The third kappa shape index (κ3) is 3.08. The van der Waals surface area contributed by atoms with Crippen LogP contribution in [0, 0.1) is 6.07 Å². The van der Waals surface area contributed by atoms with Gasteiger partial charge < -0.3 is 9.84 Å². The van der Waals surface area contributed by atoms with Gasteiger partial charge in [0.15, 0.2) is 0 Å². The fraction of sp³-hybridized carbons (Fsp3) is 0.0714. The molecule has 1 N–H and O–H groups in total. The predicted molar refractivity (Wildman–Crippen MR) is 62.5 cm³/mol. The van der Waals surface area contributed by atoms with Gasteiger partial charge in [-0.15, -0.1) is 0 Å². The van der Waals surface area contributed by atoms with Gasteiger partial charge >= 0.3 is 5.97 Å². The predicted octanol–water partition coefficient (Wildman–Crippen LogP) is 2.55. The molecule has 0 unspecified atom stereocenters. The van der Waals surface area contributed by atoms with Crippen molar-refractivity contribution in [2.75, 3.05) is 0 Å². The maximum absolute atomic E-state index is 11.6. The first kappa shape index (κ1) is 11.2. The third-order valence-electron chi connectivity index (χ3n) is 2.23. The van der Waals surface area contributed by atoms with Crippen LogP contribution in [0.2, 0.25) is 0 Å². The lowest BCUT2D eigenvalue weighted by atomic mass is 10.2. The SMILES string of the molecule is O=C(OCc1ccccc1)c1cc[c]c(O)c1. The highest BCUT2D eigenvalue weighted by Crippen LogP contribution is 2.12. The van der Waals surface area contributed by atoms with Crippen LogP contribution in [0.25, 0.3) is 0 Å². The summed E-state index contributed by atoms with van der Waals surface area (Å²) in [6.45, 7) is 0.221. The summed E-state index contributed by atoms with van der Waals surface area (Å²) in [5.41, 5.74) is 1.24. The maximum atomic E-state index is 11.6. The minimum absolute atomic E-state index is 0.0702. The number of hydrogen-bond donors (Lipinski definition) is 1. The van der Waals surface area contributed by atoms with E-state index in [0.717, 1.165) is 5.56 Å². The van der Waals surface area contributed by atoms with Crippen LogP contribution in [0.3, 0.4) is 0 Å². The van der Waals surface area contributed by atoms with Gasteiger partial charge in [0.25, 0.3) is 0 Å². The first-order chi connectivity index (χ1) is 8.25. The summed E-state index contributed by atoms with van der Waals surface area (Å²) in [6, 6.07) is 16.3. The van der Waals surface area contributed by atoms with Gasteiger partial charge in [-0.2, -0.15) is 0 Å². The van der Waals surface area contributed by atoms with E-state index in [-0.39, 0.29) is 12.4 Å². The van der Waals surface area contributed by atoms with Crippen LogP contribution < -0.4 is 0 Å². The smallest absolute Gasteiger partial charge is 0.338 e. The number of phenolic OH excluding ortho intramolecular Hbond substituents is 1. The van der Waals surface area contributed by atoms with Gasteiger partial charge in [0.05, 0.1) is 5.56 Å². The van der Waals surface area contributed by atoms with Crippen molar-refractivity contribution < 1.29 is 14.6 Å². The molecule has 0 aromatic heterocycles. The van der Waals surface area contributed by atoms with Crippen LogP contribution in [-0.4, -0.2) is 11.1 Å². The molecule has 1 radical (unpaired) electrons. The summed E-state index contributed by atoms with van der Waals surface area (Å²) in [5, 5.41) is 9.18. The monoisotopic (exact) mass is 227 g/mol. The van der Waals surface area contributed by atoms with Gasteiger partial charge in [-0.1, -0.05) is 30.3 Å². The minimum Gasteiger partial charge on any atom is -0.507 e. The van der Waals surface area contributed by atoms with E-state index in [1.165, 1.54) is 12.1 Å². The topological polar surface area (TPSA) is 46.5 Å². The molecule has 0 saturated heterocycles. The van der Waals surface area contributed by atoms with E-state index in [2.05, 4.69) is 6.07 Å². The molecule has 0 aliphatic rings. The summed E-state index contributed by atoms with van der Waals surface area (Å²) in [7, 11) is 0. The molecular weight excluding hydrogens is 216 g/mol. The molecule has 17 heavy (non-hydrogen) atoms. The minimum atomic E-state index is -0.460. The maximum Gasteiger partial charge on any atom is 0.338 e. The molecule has 0 aliphatic carbocycles. The number of benzene rings is 2. The number of esters is 1. The molecule has 0 saturated carbocycles. The van der Waals surface area contributed by atoms with E-state index in [9.17, 15) is 9.90 Å². The first-order valence-electron chi connectivity index (χ1n) is 5.17. The van der Waals surface area contributed by atoms with Crippen molar-refractivity contribution in [2.24, 2.45) is 0 Å². The summed E-state index contributed by atoms with van der Waals surface area (Å²) in [4.78, 5) is 11.6. The highest BCUT2D eigenvalue weighted by Gasteiger charge is 2.07. The fourth-order valence-corrected chi connectivity index (χ4v) is 1.39. The normalized spacial score (nSPS) is 9.88. The quantitative estimate of drug-likeness (QED) is 0.819. The Kier molecular flexibility index (Phi) is 3.40. The van der Waals surface area contributed by atoms with Gasteiger partial charge in [0, 0.05) is 6.07 Å². The Bertz CT molecular complexity index is 506. The Morgan fingerprint density at radius 2 is 2.00 bits per heavy atom. The standard InChI is InChI=1S/C14H11O3/c15-13-8-4-7-12(9-13)14(16)17-10-11-5-2-1-3-6-11/h1-7,9,15H,10H2. The van der Waals surface area contributed by atoms with E-state index < -0.39 is 5.97 Å². The molecule has 0 spiro atoms. The van der Waals surface area contributed by atoms with Crippen LogP contribution in [0.1, 0.15) is 15.9 Å². The second kappa shape index (κ2) is 5.16. The van der Waals surface area contributed by atoms with Gasteiger partial charge in [-0.3, -0.25) is 0 Å². The summed E-state index contributed by atoms with van der Waals surface area (Å²) < 4.78 is 5.11. The molecule has 0 bridgehead atoms. The van der Waals surface area contributed by atoms with Crippen LogP contribution in [0.15, 0.2) is 48.5 Å². The first-order valence-corrected chi connectivity index (χ1v) is 5.17. The van der Waals surface area contributed by atoms with Crippen molar-refractivity contribution in [3.63, 3.8) is 0 Å². The molecule has 2 aromatic rings. The van der Waals surface area contributed by atoms with Crippen molar-refractivity contribution in [3.05, 3.63) is 65.7 Å². The van der Waals surface area contributed by atoms with Crippen LogP contribution in [0.5, 0.6) is 5.75 Å². The zero-order valence-corrected chi connectivity index (χ0v) is 9.09. The van der Waals surface area contributed by atoms with Crippen LogP contribution in [0.4, 0.5) is 0 Å². The second-order valence-electron chi connectivity index (χ2n) is 3.52. The summed E-state index contributed by atoms with van der Waals surface area (Å²) >= 11 is 0. The highest BCUT2D eigenvalue weighted by atomic mass is 16.5. The fourth-order valence-electron chi connectivity index (χ4n) is 1.39. The number of hydrogen-bond acceptors (Lipinski definition) is 3. The van der Waals surface area contributed by atoms with Crippen molar-refractivity contribution in [1.29, 1.82) is 0 Å². The zero-order chi connectivity index (χ0) is 12.1. The van der Waals surface area contributed by atoms with Crippen molar-refractivity contribution >= 4 is 5.97 Å². The van der Waals surface area contributed by atoms with Crippen LogP contribution in [-0.2, 0) is 11.3 Å². The molecule has 0 atom stereocenters. The van der Waals surface area contributed by atoms with E-state index in [0.29, 0.717) is 5.56 Å². The molecule has 3 heteroatoms. The molecule has 0 fully saturated rings. The van der Waals surface area contributed by atoms with E-state index >= 15 is 0 Å². The average molecular weight is 227 g/mol. The zero-order valence-electron chi connectivity index (χ0n) is 9.09. The molecule has 0 aliphatic heterocycles. The number of carbonyl (C=O) groups excluding carboxylic acids is 1. The number of aromatic hydroxyl groups is 1. The van der Waals surface area contributed by atoms with Crippen molar-refractivity contribution in [1.82, 2.24) is 0 Å². The number of phenols is 1. The molecule has 0 heterocycles. The Hall–Kier alpha value is -2.29. The molecule has 3 nitrogen and oxygen atoms in total. The Labute approximate surface area is 99.3 Å². The number of rotatable bonds is 3. The summed E-state index contributed by atoms with van der Waals surface area (Å²) in [5.74, 6) is -0.530. The largest absolute Gasteiger partial charge is 0.507 e. The molecule has 2 rings (SSSR count).